The van der Waals surface area contributed by atoms with Crippen molar-refractivity contribution in [2.45, 2.75) is 51.1 Å². The molecule has 3 heteroatoms. The van der Waals surface area contributed by atoms with Crippen LogP contribution in [0.1, 0.15) is 50.6 Å². The van der Waals surface area contributed by atoms with Crippen molar-refractivity contribution < 1.29 is 4.74 Å². The third-order valence-corrected chi connectivity index (χ3v) is 4.37. The monoisotopic (exact) mass is 276 g/mol. The van der Waals surface area contributed by atoms with Crippen molar-refractivity contribution in [3.05, 3.63) is 29.8 Å². The van der Waals surface area contributed by atoms with E-state index in [9.17, 15) is 0 Å². The molecule has 1 heterocycles. The van der Waals surface area contributed by atoms with Gasteiger partial charge in [0.2, 0.25) is 0 Å². The molecule has 1 fully saturated rings. The van der Waals surface area contributed by atoms with Crippen LogP contribution in [-0.4, -0.2) is 31.1 Å². The summed E-state index contributed by atoms with van der Waals surface area (Å²) < 4.78 is 5.26. The molecule has 1 aliphatic heterocycles. The molecule has 0 spiro atoms. The molecule has 1 aromatic rings. The van der Waals surface area contributed by atoms with E-state index in [1.54, 1.807) is 7.11 Å². The first-order valence-electron chi connectivity index (χ1n) is 7.90. The Balaban J connectivity index is 2.20. The van der Waals surface area contributed by atoms with Crippen LogP contribution >= 0.6 is 0 Å². The zero-order valence-electron chi connectivity index (χ0n) is 12.8. The van der Waals surface area contributed by atoms with E-state index in [0.29, 0.717) is 6.04 Å². The molecule has 20 heavy (non-hydrogen) atoms. The lowest BCUT2D eigenvalue weighted by molar-refractivity contribution is 0.175. The number of likely N-dealkylation sites (tertiary alicyclic amines) is 1. The normalized spacial score (nSPS) is 20.1. The summed E-state index contributed by atoms with van der Waals surface area (Å²) in [7, 11) is 1.71. The Labute approximate surface area is 123 Å². The standard InChI is InChI=1S/C17H28N2O/c1-3-16(18)17(19-12-6-4-5-7-13-19)14-8-10-15(20-2)11-9-14/h8-11,16-17H,3-7,12-13,18H2,1-2H3. The fourth-order valence-electron chi connectivity index (χ4n) is 3.13. The molecule has 2 atom stereocenters. The maximum atomic E-state index is 6.43. The Kier molecular flexibility index (Phi) is 5.86. The molecule has 2 rings (SSSR count). The predicted octanol–water partition coefficient (Wildman–Crippen LogP) is 3.35. The van der Waals surface area contributed by atoms with Crippen molar-refractivity contribution in [1.82, 2.24) is 4.90 Å². The highest BCUT2D eigenvalue weighted by Crippen LogP contribution is 2.29. The summed E-state index contributed by atoms with van der Waals surface area (Å²) in [6, 6.07) is 8.96. The van der Waals surface area contributed by atoms with Gasteiger partial charge in [-0.2, -0.15) is 0 Å². The molecule has 1 aromatic carbocycles. The number of nitrogens with two attached hydrogens (primary N) is 1. The molecule has 2 N–H and O–H groups in total. The second-order valence-corrected chi connectivity index (χ2v) is 5.74. The smallest absolute Gasteiger partial charge is 0.118 e. The van der Waals surface area contributed by atoms with Gasteiger partial charge in [-0.3, -0.25) is 4.90 Å². The van der Waals surface area contributed by atoms with Gasteiger partial charge in [-0.1, -0.05) is 31.9 Å². The van der Waals surface area contributed by atoms with Gasteiger partial charge in [-0.25, -0.2) is 0 Å². The molecule has 0 amide bonds. The van der Waals surface area contributed by atoms with Gasteiger partial charge in [0.25, 0.3) is 0 Å². The van der Waals surface area contributed by atoms with E-state index in [-0.39, 0.29) is 6.04 Å². The highest BCUT2D eigenvalue weighted by atomic mass is 16.5. The fraction of sp³-hybridized carbons (Fsp3) is 0.647. The van der Waals surface area contributed by atoms with E-state index in [1.807, 2.05) is 12.1 Å². The highest BCUT2D eigenvalue weighted by molar-refractivity contribution is 5.30. The number of nitrogens with zero attached hydrogens (tertiary/aromatic N) is 1. The minimum atomic E-state index is 0.196. The average molecular weight is 276 g/mol. The van der Waals surface area contributed by atoms with Crippen molar-refractivity contribution >= 4 is 0 Å². The van der Waals surface area contributed by atoms with Crippen LogP contribution in [0.15, 0.2) is 24.3 Å². The van der Waals surface area contributed by atoms with Crippen LogP contribution < -0.4 is 10.5 Å². The van der Waals surface area contributed by atoms with Crippen LogP contribution in [0.5, 0.6) is 5.75 Å². The molecule has 0 aromatic heterocycles. The first-order valence-corrected chi connectivity index (χ1v) is 7.90. The summed E-state index contributed by atoms with van der Waals surface area (Å²) in [5.41, 5.74) is 7.75. The highest BCUT2D eigenvalue weighted by Gasteiger charge is 2.26. The van der Waals surface area contributed by atoms with Crippen molar-refractivity contribution in [1.29, 1.82) is 0 Å². The molecule has 0 aliphatic carbocycles. The van der Waals surface area contributed by atoms with E-state index in [4.69, 9.17) is 10.5 Å². The molecule has 0 radical (unpaired) electrons. The first kappa shape index (κ1) is 15.3. The molecular weight excluding hydrogens is 248 g/mol. The van der Waals surface area contributed by atoms with E-state index >= 15 is 0 Å². The second kappa shape index (κ2) is 7.65. The molecule has 1 saturated heterocycles. The maximum absolute atomic E-state index is 6.43. The third kappa shape index (κ3) is 3.74. The molecule has 0 saturated carbocycles. The van der Waals surface area contributed by atoms with Gasteiger partial charge in [0.05, 0.1) is 7.11 Å². The summed E-state index contributed by atoms with van der Waals surface area (Å²) in [5.74, 6) is 0.911. The van der Waals surface area contributed by atoms with Gasteiger partial charge in [-0.05, 0) is 50.0 Å². The van der Waals surface area contributed by atoms with Gasteiger partial charge in [0.1, 0.15) is 5.75 Å². The van der Waals surface area contributed by atoms with Gasteiger partial charge >= 0.3 is 0 Å². The quantitative estimate of drug-likeness (QED) is 0.896. The Morgan fingerprint density at radius 2 is 1.70 bits per heavy atom. The molecule has 1 aliphatic rings. The summed E-state index contributed by atoms with van der Waals surface area (Å²) in [4.78, 5) is 2.59. The summed E-state index contributed by atoms with van der Waals surface area (Å²) in [6.45, 7) is 4.52. The summed E-state index contributed by atoms with van der Waals surface area (Å²) in [5, 5.41) is 0. The molecule has 112 valence electrons. The number of hydrogen-bond acceptors (Lipinski definition) is 3. The predicted molar refractivity (Wildman–Crippen MR) is 84.0 cm³/mol. The number of benzene rings is 1. The topological polar surface area (TPSA) is 38.5 Å². The Bertz CT molecular complexity index is 382. The van der Waals surface area contributed by atoms with Crippen LogP contribution in [0.4, 0.5) is 0 Å². The van der Waals surface area contributed by atoms with Crippen molar-refractivity contribution in [2.24, 2.45) is 5.73 Å². The van der Waals surface area contributed by atoms with Crippen molar-refractivity contribution in [3.63, 3.8) is 0 Å². The van der Waals surface area contributed by atoms with E-state index in [1.165, 1.54) is 44.3 Å². The molecule has 0 bridgehead atoms. The van der Waals surface area contributed by atoms with E-state index < -0.39 is 0 Å². The van der Waals surface area contributed by atoms with E-state index in [0.717, 1.165) is 12.2 Å². The average Bonchev–Trinajstić information content (AvgIpc) is 2.77. The minimum absolute atomic E-state index is 0.196. The lowest BCUT2D eigenvalue weighted by Crippen LogP contribution is -2.41. The molecule has 3 nitrogen and oxygen atoms in total. The van der Waals surface area contributed by atoms with Gasteiger partial charge in [0.15, 0.2) is 0 Å². The molecule has 2 unspecified atom stereocenters. The SMILES string of the molecule is CCC(N)C(c1ccc(OC)cc1)N1CCCCCC1. The van der Waals surface area contributed by atoms with E-state index in [2.05, 4.69) is 24.0 Å². The molecular formula is C17H28N2O. The van der Waals surface area contributed by atoms with Crippen molar-refractivity contribution in [3.8, 4) is 5.75 Å². The zero-order valence-corrected chi connectivity index (χ0v) is 12.8. The maximum Gasteiger partial charge on any atom is 0.118 e. The van der Waals surface area contributed by atoms with Gasteiger partial charge < -0.3 is 10.5 Å². The lowest BCUT2D eigenvalue weighted by atomic mass is 9.96. The Morgan fingerprint density at radius 1 is 1.10 bits per heavy atom. The number of hydrogen-bond donors (Lipinski definition) is 1. The van der Waals surface area contributed by atoms with Gasteiger partial charge in [-0.15, -0.1) is 0 Å². The van der Waals surface area contributed by atoms with Crippen LogP contribution in [0, 0.1) is 0 Å². The third-order valence-electron chi connectivity index (χ3n) is 4.37. The second-order valence-electron chi connectivity index (χ2n) is 5.74. The Hall–Kier alpha value is -1.06. The van der Waals surface area contributed by atoms with Crippen LogP contribution in [0.2, 0.25) is 0 Å². The van der Waals surface area contributed by atoms with Gasteiger partial charge in [0, 0.05) is 12.1 Å². The number of rotatable bonds is 5. The summed E-state index contributed by atoms with van der Waals surface area (Å²) >= 11 is 0. The van der Waals surface area contributed by atoms with Crippen LogP contribution in [0.3, 0.4) is 0 Å². The Morgan fingerprint density at radius 3 is 2.20 bits per heavy atom. The zero-order chi connectivity index (χ0) is 14.4. The van der Waals surface area contributed by atoms with Crippen LogP contribution in [-0.2, 0) is 0 Å². The van der Waals surface area contributed by atoms with Crippen LogP contribution in [0.25, 0.3) is 0 Å². The lowest BCUT2D eigenvalue weighted by Gasteiger charge is -2.35. The summed E-state index contributed by atoms with van der Waals surface area (Å²) in [6.07, 6.45) is 6.31. The fourth-order valence-corrected chi connectivity index (χ4v) is 3.13. The first-order chi connectivity index (χ1) is 9.76. The number of methoxy groups -OCH3 is 1. The van der Waals surface area contributed by atoms with Crippen molar-refractivity contribution in [2.75, 3.05) is 20.2 Å². The number of ether oxygens (including phenoxy) is 1. The minimum Gasteiger partial charge on any atom is -0.497 e. The largest absolute Gasteiger partial charge is 0.497 e.